The molecule has 1 aliphatic rings. The number of nitrogens with zero attached hydrogens (tertiary/aromatic N) is 2. The fraction of sp³-hybridized carbons (Fsp3) is 0.318. The second-order valence-corrected chi connectivity index (χ2v) is 6.69. The SMILES string of the molecule is CON=C1C[C@@H](CCC(=O)OC)N(C(=O)c2ccc(-c3ccccc3)cc2)C1. The number of hydrogen-bond donors (Lipinski definition) is 0. The number of hydrogen-bond acceptors (Lipinski definition) is 5. The summed E-state index contributed by atoms with van der Waals surface area (Å²) >= 11 is 0. The maximum atomic E-state index is 13.1. The van der Waals surface area contributed by atoms with Gasteiger partial charge in [-0.1, -0.05) is 47.6 Å². The van der Waals surface area contributed by atoms with E-state index in [1.165, 1.54) is 14.2 Å². The molecule has 146 valence electrons. The third-order valence-electron chi connectivity index (χ3n) is 4.89. The third-order valence-corrected chi connectivity index (χ3v) is 4.89. The van der Waals surface area contributed by atoms with Gasteiger partial charge in [-0.05, 0) is 29.7 Å². The van der Waals surface area contributed by atoms with Gasteiger partial charge >= 0.3 is 5.97 Å². The van der Waals surface area contributed by atoms with Crippen LogP contribution in [-0.2, 0) is 14.4 Å². The molecule has 0 bridgehead atoms. The van der Waals surface area contributed by atoms with Crippen molar-refractivity contribution in [2.75, 3.05) is 20.8 Å². The van der Waals surface area contributed by atoms with Crippen molar-refractivity contribution >= 4 is 17.6 Å². The summed E-state index contributed by atoms with van der Waals surface area (Å²) in [5.74, 6) is -0.354. The van der Waals surface area contributed by atoms with Gasteiger partial charge < -0.3 is 14.5 Å². The van der Waals surface area contributed by atoms with E-state index in [9.17, 15) is 9.59 Å². The Kier molecular flexibility index (Phi) is 6.42. The Morgan fingerprint density at radius 2 is 1.71 bits per heavy atom. The van der Waals surface area contributed by atoms with Crippen LogP contribution in [0.1, 0.15) is 29.6 Å². The van der Waals surface area contributed by atoms with E-state index in [2.05, 4.69) is 5.16 Å². The molecule has 0 aromatic heterocycles. The van der Waals surface area contributed by atoms with Gasteiger partial charge in [0.05, 0.1) is 19.4 Å². The van der Waals surface area contributed by atoms with Crippen molar-refractivity contribution in [3.8, 4) is 11.1 Å². The Morgan fingerprint density at radius 3 is 2.36 bits per heavy atom. The van der Waals surface area contributed by atoms with E-state index < -0.39 is 0 Å². The normalized spacial score (nSPS) is 17.6. The molecule has 28 heavy (non-hydrogen) atoms. The van der Waals surface area contributed by atoms with Gasteiger partial charge in [-0.3, -0.25) is 9.59 Å². The number of benzene rings is 2. The number of oxime groups is 1. The topological polar surface area (TPSA) is 68.2 Å². The summed E-state index contributed by atoms with van der Waals surface area (Å²) in [5.41, 5.74) is 3.57. The van der Waals surface area contributed by atoms with E-state index in [-0.39, 0.29) is 24.3 Å². The summed E-state index contributed by atoms with van der Waals surface area (Å²) in [4.78, 5) is 31.2. The predicted octanol–water partition coefficient (Wildman–Crippen LogP) is 3.52. The smallest absolute Gasteiger partial charge is 0.305 e. The molecule has 1 saturated heterocycles. The van der Waals surface area contributed by atoms with Crippen molar-refractivity contribution in [3.63, 3.8) is 0 Å². The zero-order valence-electron chi connectivity index (χ0n) is 16.1. The van der Waals surface area contributed by atoms with E-state index in [1.807, 2.05) is 54.6 Å². The van der Waals surface area contributed by atoms with Crippen molar-refractivity contribution in [1.29, 1.82) is 0 Å². The maximum Gasteiger partial charge on any atom is 0.305 e. The second-order valence-electron chi connectivity index (χ2n) is 6.69. The summed E-state index contributed by atoms with van der Waals surface area (Å²) in [6.07, 6.45) is 1.39. The summed E-state index contributed by atoms with van der Waals surface area (Å²) in [7, 11) is 2.86. The highest BCUT2D eigenvalue weighted by molar-refractivity contribution is 6.00. The second kappa shape index (κ2) is 9.17. The Bertz CT molecular complexity index is 847. The fourth-order valence-electron chi connectivity index (χ4n) is 3.45. The average molecular weight is 380 g/mol. The molecule has 1 fully saturated rings. The zero-order chi connectivity index (χ0) is 19.9. The van der Waals surface area contributed by atoms with E-state index in [0.29, 0.717) is 24.9 Å². The van der Waals surface area contributed by atoms with Crippen LogP contribution in [0.15, 0.2) is 59.8 Å². The molecular formula is C22H24N2O4. The van der Waals surface area contributed by atoms with Gasteiger partial charge in [0.2, 0.25) is 0 Å². The van der Waals surface area contributed by atoms with Gasteiger partial charge in [-0.2, -0.15) is 0 Å². The lowest BCUT2D eigenvalue weighted by Crippen LogP contribution is -2.36. The first-order chi connectivity index (χ1) is 13.6. The molecule has 1 aliphatic heterocycles. The Balaban J connectivity index is 1.76. The molecule has 2 aromatic rings. The fourth-order valence-corrected chi connectivity index (χ4v) is 3.45. The molecule has 0 unspecified atom stereocenters. The minimum absolute atomic E-state index is 0.0734. The molecule has 1 heterocycles. The number of carbonyl (C=O) groups excluding carboxylic acids is 2. The molecule has 0 aliphatic carbocycles. The van der Waals surface area contributed by atoms with Gasteiger partial charge in [-0.15, -0.1) is 0 Å². The van der Waals surface area contributed by atoms with Gasteiger partial charge in [0.25, 0.3) is 5.91 Å². The number of esters is 1. The highest BCUT2D eigenvalue weighted by Crippen LogP contribution is 2.25. The molecular weight excluding hydrogens is 356 g/mol. The molecule has 0 N–H and O–H groups in total. The lowest BCUT2D eigenvalue weighted by Gasteiger charge is -2.24. The number of amides is 1. The standard InChI is InChI=1S/C22H24N2O4/c1-27-21(25)13-12-20-14-19(23-28-2)15-24(20)22(26)18-10-8-17(9-11-18)16-6-4-3-5-7-16/h3-11,20H,12-15H2,1-2H3/t20-/m1/s1. The highest BCUT2D eigenvalue weighted by Gasteiger charge is 2.34. The van der Waals surface area contributed by atoms with Crippen molar-refractivity contribution in [3.05, 3.63) is 60.2 Å². The van der Waals surface area contributed by atoms with Crippen molar-refractivity contribution < 1.29 is 19.2 Å². The Morgan fingerprint density at radius 1 is 1.04 bits per heavy atom. The van der Waals surface area contributed by atoms with Crippen LogP contribution in [0.5, 0.6) is 0 Å². The van der Waals surface area contributed by atoms with Gasteiger partial charge in [0.1, 0.15) is 7.11 Å². The first kappa shape index (κ1) is 19.6. The first-order valence-corrected chi connectivity index (χ1v) is 9.24. The number of likely N-dealkylation sites (tertiary alicyclic amines) is 1. The van der Waals surface area contributed by atoms with E-state index in [1.54, 1.807) is 4.90 Å². The molecule has 0 saturated carbocycles. The predicted molar refractivity (Wildman–Crippen MR) is 107 cm³/mol. The van der Waals surface area contributed by atoms with Gasteiger partial charge in [0, 0.05) is 24.4 Å². The Hall–Kier alpha value is -3.15. The molecule has 2 aromatic carbocycles. The van der Waals surface area contributed by atoms with Crippen LogP contribution in [0.2, 0.25) is 0 Å². The van der Waals surface area contributed by atoms with E-state index >= 15 is 0 Å². The van der Waals surface area contributed by atoms with Gasteiger partial charge in [0.15, 0.2) is 0 Å². The molecule has 6 heteroatoms. The zero-order valence-corrected chi connectivity index (χ0v) is 16.1. The summed E-state index contributed by atoms with van der Waals surface area (Å²) in [6, 6.07) is 17.5. The molecule has 3 rings (SSSR count). The molecule has 1 amide bonds. The minimum Gasteiger partial charge on any atom is -0.469 e. The van der Waals surface area contributed by atoms with Crippen LogP contribution in [0.4, 0.5) is 0 Å². The summed E-state index contributed by atoms with van der Waals surface area (Å²) in [5, 5.41) is 4.01. The van der Waals surface area contributed by atoms with Gasteiger partial charge in [-0.25, -0.2) is 0 Å². The van der Waals surface area contributed by atoms with Crippen LogP contribution in [0.3, 0.4) is 0 Å². The molecule has 6 nitrogen and oxygen atoms in total. The molecule has 1 atom stereocenters. The summed E-state index contributed by atoms with van der Waals surface area (Å²) in [6.45, 7) is 0.402. The van der Waals surface area contributed by atoms with E-state index in [0.717, 1.165) is 16.8 Å². The maximum absolute atomic E-state index is 13.1. The van der Waals surface area contributed by atoms with Crippen molar-refractivity contribution in [2.24, 2.45) is 5.16 Å². The van der Waals surface area contributed by atoms with Crippen LogP contribution >= 0.6 is 0 Å². The lowest BCUT2D eigenvalue weighted by molar-refractivity contribution is -0.140. The highest BCUT2D eigenvalue weighted by atomic mass is 16.6. The number of ether oxygens (including phenoxy) is 1. The van der Waals surface area contributed by atoms with Crippen molar-refractivity contribution in [1.82, 2.24) is 4.90 Å². The average Bonchev–Trinajstić information content (AvgIpc) is 3.15. The number of carbonyl (C=O) groups is 2. The van der Waals surface area contributed by atoms with E-state index in [4.69, 9.17) is 9.57 Å². The number of methoxy groups -OCH3 is 1. The first-order valence-electron chi connectivity index (χ1n) is 9.24. The van der Waals surface area contributed by atoms with Crippen molar-refractivity contribution in [2.45, 2.75) is 25.3 Å². The molecule has 0 spiro atoms. The van der Waals surface area contributed by atoms with Crippen LogP contribution < -0.4 is 0 Å². The minimum atomic E-state index is -0.281. The number of rotatable bonds is 6. The monoisotopic (exact) mass is 380 g/mol. The molecule has 0 radical (unpaired) electrons. The Labute approximate surface area is 164 Å². The quantitative estimate of drug-likeness (QED) is 0.568. The third kappa shape index (κ3) is 4.57. The largest absolute Gasteiger partial charge is 0.469 e. The summed E-state index contributed by atoms with van der Waals surface area (Å²) < 4.78 is 4.72. The lowest BCUT2D eigenvalue weighted by atomic mass is 10.0. The van der Waals surface area contributed by atoms with Crippen LogP contribution in [0, 0.1) is 0 Å². The van der Waals surface area contributed by atoms with Crippen LogP contribution in [-0.4, -0.2) is 49.3 Å². The van der Waals surface area contributed by atoms with Crippen LogP contribution in [0.25, 0.3) is 11.1 Å².